The molecule has 6 heteroatoms. The highest BCUT2D eigenvalue weighted by Crippen LogP contribution is 2.36. The Morgan fingerprint density at radius 3 is 2.83 bits per heavy atom. The Morgan fingerprint density at radius 1 is 1.26 bits per heavy atom. The van der Waals surface area contributed by atoms with Crippen LogP contribution in [-0.4, -0.2) is 24.9 Å². The maximum atomic E-state index is 6.14. The average Bonchev–Trinajstić information content (AvgIpc) is 2.82. The van der Waals surface area contributed by atoms with Gasteiger partial charge in [-0.25, -0.2) is 0 Å². The fraction of sp³-hybridized carbons (Fsp3) is 0.353. The molecule has 0 amide bonds. The lowest BCUT2D eigenvalue weighted by atomic mass is 10.1. The SMILES string of the molecule is Cc1noc(C)c1CCNCC1=Cc2cc(Cl)cc(Cl)c2OC1. The average molecular weight is 353 g/mol. The first-order valence-corrected chi connectivity index (χ1v) is 8.24. The Hall–Kier alpha value is -1.49. The molecule has 0 spiro atoms. The van der Waals surface area contributed by atoms with Crippen LogP contribution in [0.15, 0.2) is 22.2 Å². The molecule has 4 nitrogen and oxygen atoms in total. The van der Waals surface area contributed by atoms with E-state index in [1.165, 1.54) is 5.56 Å². The van der Waals surface area contributed by atoms with Crippen molar-refractivity contribution in [3.63, 3.8) is 0 Å². The number of aromatic nitrogens is 1. The van der Waals surface area contributed by atoms with E-state index in [1.54, 1.807) is 6.07 Å². The van der Waals surface area contributed by atoms with Gasteiger partial charge >= 0.3 is 0 Å². The van der Waals surface area contributed by atoms with Crippen LogP contribution in [0.4, 0.5) is 0 Å². The van der Waals surface area contributed by atoms with Crippen LogP contribution in [0.2, 0.25) is 10.0 Å². The molecule has 2 heterocycles. The summed E-state index contributed by atoms with van der Waals surface area (Å²) < 4.78 is 10.9. The van der Waals surface area contributed by atoms with Gasteiger partial charge in [-0.3, -0.25) is 0 Å². The van der Waals surface area contributed by atoms with Crippen molar-refractivity contribution in [3.8, 4) is 5.75 Å². The smallest absolute Gasteiger partial charge is 0.145 e. The van der Waals surface area contributed by atoms with Gasteiger partial charge in [-0.05, 0) is 50.6 Å². The van der Waals surface area contributed by atoms with Crippen LogP contribution in [0.1, 0.15) is 22.6 Å². The van der Waals surface area contributed by atoms with Crippen LogP contribution in [0.5, 0.6) is 5.75 Å². The number of hydrogen-bond donors (Lipinski definition) is 1. The zero-order chi connectivity index (χ0) is 16.4. The van der Waals surface area contributed by atoms with E-state index < -0.39 is 0 Å². The molecule has 0 saturated carbocycles. The molecular formula is C17H18Cl2N2O2. The van der Waals surface area contributed by atoms with Crippen LogP contribution < -0.4 is 10.1 Å². The van der Waals surface area contributed by atoms with Crippen LogP contribution in [0.3, 0.4) is 0 Å². The summed E-state index contributed by atoms with van der Waals surface area (Å²) in [5.41, 5.74) is 4.23. The van der Waals surface area contributed by atoms with Crippen molar-refractivity contribution in [3.05, 3.63) is 50.3 Å². The molecule has 1 aliphatic rings. The minimum atomic E-state index is 0.534. The molecule has 23 heavy (non-hydrogen) atoms. The molecule has 1 N–H and O–H groups in total. The summed E-state index contributed by atoms with van der Waals surface area (Å²) >= 11 is 12.2. The lowest BCUT2D eigenvalue weighted by Crippen LogP contribution is -2.24. The molecule has 0 fully saturated rings. The molecule has 2 aromatic rings. The lowest BCUT2D eigenvalue weighted by molar-refractivity contribution is 0.343. The summed E-state index contributed by atoms with van der Waals surface area (Å²) in [5.74, 6) is 1.60. The summed E-state index contributed by atoms with van der Waals surface area (Å²) in [6, 6.07) is 3.56. The fourth-order valence-corrected chi connectivity index (χ4v) is 3.25. The number of ether oxygens (including phenoxy) is 1. The highest BCUT2D eigenvalue weighted by atomic mass is 35.5. The molecule has 122 valence electrons. The van der Waals surface area contributed by atoms with Crippen molar-refractivity contribution in [1.82, 2.24) is 10.5 Å². The second-order valence-corrected chi connectivity index (χ2v) is 6.47. The Bertz CT molecular complexity index is 734. The third kappa shape index (κ3) is 3.71. The van der Waals surface area contributed by atoms with Crippen molar-refractivity contribution in [1.29, 1.82) is 0 Å². The fourth-order valence-electron chi connectivity index (χ4n) is 2.69. The zero-order valence-corrected chi connectivity index (χ0v) is 14.6. The predicted octanol–water partition coefficient (Wildman–Crippen LogP) is 4.21. The Labute approximate surface area is 145 Å². The third-order valence-corrected chi connectivity index (χ3v) is 4.38. The Balaban J connectivity index is 1.58. The van der Waals surface area contributed by atoms with Gasteiger partial charge < -0.3 is 14.6 Å². The van der Waals surface area contributed by atoms with E-state index in [1.807, 2.05) is 19.9 Å². The van der Waals surface area contributed by atoms with E-state index in [-0.39, 0.29) is 0 Å². The van der Waals surface area contributed by atoms with E-state index in [0.717, 1.165) is 42.1 Å². The van der Waals surface area contributed by atoms with E-state index in [9.17, 15) is 0 Å². The van der Waals surface area contributed by atoms with E-state index in [4.69, 9.17) is 32.5 Å². The predicted molar refractivity (Wildman–Crippen MR) is 92.5 cm³/mol. The molecule has 1 aromatic heterocycles. The van der Waals surface area contributed by atoms with E-state index >= 15 is 0 Å². The number of aryl methyl sites for hydroxylation is 2. The molecule has 0 unspecified atom stereocenters. The molecule has 1 aliphatic heterocycles. The van der Waals surface area contributed by atoms with Crippen LogP contribution >= 0.6 is 23.2 Å². The number of benzene rings is 1. The highest BCUT2D eigenvalue weighted by molar-refractivity contribution is 6.36. The van der Waals surface area contributed by atoms with Gasteiger partial charge in [-0.2, -0.15) is 0 Å². The lowest BCUT2D eigenvalue weighted by Gasteiger charge is -2.19. The van der Waals surface area contributed by atoms with Gasteiger partial charge in [0, 0.05) is 22.7 Å². The van der Waals surface area contributed by atoms with Crippen molar-refractivity contribution in [2.45, 2.75) is 20.3 Å². The quantitative estimate of drug-likeness (QED) is 0.819. The summed E-state index contributed by atoms with van der Waals surface area (Å²) in [4.78, 5) is 0. The summed E-state index contributed by atoms with van der Waals surface area (Å²) in [6.45, 7) is 6.05. The van der Waals surface area contributed by atoms with Gasteiger partial charge in [0.15, 0.2) is 0 Å². The van der Waals surface area contributed by atoms with Gasteiger partial charge in [0.2, 0.25) is 0 Å². The first kappa shape index (κ1) is 16.4. The van der Waals surface area contributed by atoms with Gasteiger partial charge in [0.25, 0.3) is 0 Å². The van der Waals surface area contributed by atoms with Gasteiger partial charge in [-0.15, -0.1) is 0 Å². The molecule has 1 aromatic carbocycles. The first-order chi connectivity index (χ1) is 11.0. The molecule has 0 aliphatic carbocycles. The topological polar surface area (TPSA) is 47.3 Å². The number of fused-ring (bicyclic) bond motifs is 1. The molecular weight excluding hydrogens is 335 g/mol. The monoisotopic (exact) mass is 352 g/mol. The molecule has 0 radical (unpaired) electrons. The number of nitrogens with zero attached hydrogens (tertiary/aromatic N) is 1. The third-order valence-electron chi connectivity index (χ3n) is 3.88. The van der Waals surface area contributed by atoms with Crippen LogP contribution in [0.25, 0.3) is 6.08 Å². The summed E-state index contributed by atoms with van der Waals surface area (Å²) in [6.07, 6.45) is 2.98. The van der Waals surface area contributed by atoms with Crippen LogP contribution in [0, 0.1) is 13.8 Å². The number of rotatable bonds is 5. The van der Waals surface area contributed by atoms with Gasteiger partial charge in [0.1, 0.15) is 18.1 Å². The highest BCUT2D eigenvalue weighted by Gasteiger charge is 2.15. The number of halogens is 2. The molecule has 0 atom stereocenters. The normalized spacial score (nSPS) is 13.5. The van der Waals surface area contributed by atoms with Crippen molar-refractivity contribution < 1.29 is 9.26 Å². The van der Waals surface area contributed by atoms with Gasteiger partial charge in [0.05, 0.1) is 10.7 Å². The van der Waals surface area contributed by atoms with Crippen LogP contribution in [-0.2, 0) is 6.42 Å². The molecule has 3 rings (SSSR count). The maximum absolute atomic E-state index is 6.14. The minimum Gasteiger partial charge on any atom is -0.487 e. The first-order valence-electron chi connectivity index (χ1n) is 7.48. The standard InChI is InChI=1S/C17H18Cl2N2O2/c1-10-15(11(2)23-21-10)3-4-20-8-12-5-13-6-14(18)7-16(19)17(13)22-9-12/h5-7,20H,3-4,8-9H2,1-2H3. The number of nitrogens with one attached hydrogen (secondary N) is 1. The van der Waals surface area contributed by atoms with E-state index in [0.29, 0.717) is 22.4 Å². The molecule has 0 saturated heterocycles. The number of hydrogen-bond acceptors (Lipinski definition) is 4. The Morgan fingerprint density at radius 2 is 2.09 bits per heavy atom. The van der Waals surface area contributed by atoms with Crippen molar-refractivity contribution >= 4 is 29.3 Å². The minimum absolute atomic E-state index is 0.534. The summed E-state index contributed by atoms with van der Waals surface area (Å²) in [5, 5.41) is 8.55. The largest absolute Gasteiger partial charge is 0.487 e. The second-order valence-electron chi connectivity index (χ2n) is 5.63. The van der Waals surface area contributed by atoms with Crippen molar-refractivity contribution in [2.75, 3.05) is 19.7 Å². The van der Waals surface area contributed by atoms with Crippen molar-refractivity contribution in [2.24, 2.45) is 0 Å². The summed E-state index contributed by atoms with van der Waals surface area (Å²) in [7, 11) is 0. The molecule has 0 bridgehead atoms. The zero-order valence-electron chi connectivity index (χ0n) is 13.1. The Kier molecular flexibility index (Phi) is 4.95. The maximum Gasteiger partial charge on any atom is 0.145 e. The van der Waals surface area contributed by atoms with Gasteiger partial charge in [-0.1, -0.05) is 28.4 Å². The van der Waals surface area contributed by atoms with E-state index in [2.05, 4.69) is 16.5 Å². The second kappa shape index (κ2) is 6.95.